The summed E-state index contributed by atoms with van der Waals surface area (Å²) < 4.78 is 11.9. The molecule has 4 rings (SSSR count). The molecule has 0 radical (unpaired) electrons. The first-order valence-electron chi connectivity index (χ1n) is 12.7. The first kappa shape index (κ1) is 26.6. The fourth-order valence-electron chi connectivity index (χ4n) is 5.04. The smallest absolute Gasteiger partial charge is 0.124 e. The van der Waals surface area contributed by atoms with Gasteiger partial charge in [0.15, 0.2) is 0 Å². The van der Waals surface area contributed by atoms with E-state index < -0.39 is 0 Å². The van der Waals surface area contributed by atoms with E-state index >= 15 is 0 Å². The van der Waals surface area contributed by atoms with Crippen LogP contribution in [0.2, 0.25) is 5.02 Å². The van der Waals surface area contributed by atoms with Gasteiger partial charge in [-0.25, -0.2) is 0 Å². The first-order chi connectivity index (χ1) is 17.0. The van der Waals surface area contributed by atoms with Crippen LogP contribution in [0.5, 0.6) is 11.5 Å². The molecular formula is C28H37ClN2O2S2. The van der Waals surface area contributed by atoms with E-state index in [2.05, 4.69) is 22.9 Å². The summed E-state index contributed by atoms with van der Waals surface area (Å²) >= 11 is 13.9. The molecule has 2 aromatic rings. The maximum Gasteiger partial charge on any atom is 0.124 e. The van der Waals surface area contributed by atoms with E-state index in [9.17, 15) is 0 Å². The standard InChI is InChI=1S/C28H37ClN2O2S2/c1-30(21-10-6-4-7-11-21)16-8-5-9-17-33-25-15-13-22(32-3)19-23(25)27-28(34)31(2)24-14-12-20(29)18-26(24)35-27/h12-15,18-19,21,27H,4-11,16-17H2,1-3H3. The molecule has 35 heavy (non-hydrogen) atoms. The normalized spacial score (nSPS) is 18.6. The fraction of sp³-hybridized carbons (Fsp3) is 0.536. The molecule has 190 valence electrons. The minimum Gasteiger partial charge on any atom is -0.497 e. The van der Waals surface area contributed by atoms with Gasteiger partial charge in [0.25, 0.3) is 0 Å². The number of ether oxygens (including phenoxy) is 2. The number of benzene rings is 2. The Hall–Kier alpha value is -1.47. The van der Waals surface area contributed by atoms with Crippen LogP contribution in [0.3, 0.4) is 0 Å². The summed E-state index contributed by atoms with van der Waals surface area (Å²) in [5.74, 6) is 1.69. The third-order valence-electron chi connectivity index (χ3n) is 7.19. The van der Waals surface area contributed by atoms with Gasteiger partial charge < -0.3 is 19.3 Å². The van der Waals surface area contributed by atoms with Gasteiger partial charge >= 0.3 is 0 Å². The fourth-order valence-corrected chi connectivity index (χ4v) is 7.00. The molecule has 0 spiro atoms. The lowest BCUT2D eigenvalue weighted by molar-refractivity contribution is 0.187. The van der Waals surface area contributed by atoms with Gasteiger partial charge in [0, 0.05) is 28.6 Å². The predicted octanol–water partition coefficient (Wildman–Crippen LogP) is 7.77. The Morgan fingerprint density at radius 3 is 2.66 bits per heavy atom. The molecule has 1 aliphatic carbocycles. The van der Waals surface area contributed by atoms with Crippen LogP contribution in [0.25, 0.3) is 0 Å². The third kappa shape index (κ3) is 6.65. The summed E-state index contributed by atoms with van der Waals surface area (Å²) in [4.78, 5) is 6.63. The second-order valence-corrected chi connectivity index (χ2v) is 11.6. The number of halogens is 1. The zero-order valence-corrected chi connectivity index (χ0v) is 23.5. The van der Waals surface area contributed by atoms with E-state index in [1.807, 2.05) is 37.4 Å². The van der Waals surface area contributed by atoms with Crippen molar-refractivity contribution in [2.24, 2.45) is 0 Å². The van der Waals surface area contributed by atoms with Gasteiger partial charge in [-0.2, -0.15) is 0 Å². The van der Waals surface area contributed by atoms with E-state index in [0.717, 1.165) is 50.1 Å². The van der Waals surface area contributed by atoms with Crippen LogP contribution in [0, 0.1) is 0 Å². The molecule has 0 aromatic heterocycles. The number of unbranched alkanes of at least 4 members (excludes halogenated alkanes) is 2. The number of likely N-dealkylation sites (N-methyl/N-ethyl adjacent to an activating group) is 1. The number of thioether (sulfide) groups is 1. The van der Waals surface area contributed by atoms with Crippen LogP contribution in [-0.2, 0) is 0 Å². The highest BCUT2D eigenvalue weighted by Gasteiger charge is 2.32. The number of hydrogen-bond acceptors (Lipinski definition) is 5. The molecule has 1 aliphatic heterocycles. The van der Waals surface area contributed by atoms with Gasteiger partial charge in [-0.3, -0.25) is 0 Å². The van der Waals surface area contributed by atoms with Crippen LogP contribution in [0.1, 0.15) is 62.2 Å². The maximum atomic E-state index is 6.32. The van der Waals surface area contributed by atoms with Gasteiger partial charge in [0.2, 0.25) is 0 Å². The Kier molecular flexibility index (Phi) is 9.62. The van der Waals surface area contributed by atoms with Crippen LogP contribution < -0.4 is 14.4 Å². The Morgan fingerprint density at radius 2 is 1.89 bits per heavy atom. The van der Waals surface area contributed by atoms with Crippen LogP contribution >= 0.6 is 35.6 Å². The predicted molar refractivity (Wildman–Crippen MR) is 153 cm³/mol. The summed E-state index contributed by atoms with van der Waals surface area (Å²) in [5.41, 5.74) is 2.14. The van der Waals surface area contributed by atoms with Crippen LogP contribution in [0.4, 0.5) is 5.69 Å². The van der Waals surface area contributed by atoms with Crippen molar-refractivity contribution in [1.82, 2.24) is 4.90 Å². The lowest BCUT2D eigenvalue weighted by atomic mass is 9.94. The van der Waals surface area contributed by atoms with Crippen LogP contribution in [0.15, 0.2) is 41.3 Å². The van der Waals surface area contributed by atoms with E-state index in [0.29, 0.717) is 6.61 Å². The molecular weight excluding hydrogens is 496 g/mol. The van der Waals surface area contributed by atoms with Crippen molar-refractivity contribution in [2.75, 3.05) is 39.3 Å². The van der Waals surface area contributed by atoms with E-state index in [4.69, 9.17) is 33.3 Å². The van der Waals surface area contributed by atoms with Crippen molar-refractivity contribution in [3.05, 3.63) is 47.0 Å². The number of rotatable bonds is 10. The molecule has 1 fully saturated rings. The zero-order chi connectivity index (χ0) is 24.8. The highest BCUT2D eigenvalue weighted by molar-refractivity contribution is 8.01. The van der Waals surface area contributed by atoms with E-state index in [-0.39, 0.29) is 5.25 Å². The molecule has 2 aromatic carbocycles. The quantitative estimate of drug-likeness (QED) is 0.229. The number of anilines is 1. The first-order valence-corrected chi connectivity index (χ1v) is 14.4. The van der Waals surface area contributed by atoms with Gasteiger partial charge in [-0.1, -0.05) is 43.1 Å². The Bertz CT molecular complexity index is 1010. The summed E-state index contributed by atoms with van der Waals surface area (Å²) in [5, 5.41) is 0.683. The molecule has 0 N–H and O–H groups in total. The van der Waals surface area contributed by atoms with Gasteiger partial charge in [0.05, 0.1) is 24.7 Å². The highest BCUT2D eigenvalue weighted by Crippen LogP contribution is 2.50. The van der Waals surface area contributed by atoms with Gasteiger partial charge in [-0.15, -0.1) is 11.8 Å². The largest absolute Gasteiger partial charge is 0.497 e. The molecule has 1 atom stereocenters. The molecule has 0 saturated heterocycles. The van der Waals surface area contributed by atoms with Gasteiger partial charge in [0.1, 0.15) is 16.5 Å². The minimum atomic E-state index is -0.0461. The second-order valence-electron chi connectivity index (χ2n) is 9.59. The number of methoxy groups -OCH3 is 1. The summed E-state index contributed by atoms with van der Waals surface area (Å²) in [6.07, 6.45) is 10.4. The zero-order valence-electron chi connectivity index (χ0n) is 21.1. The molecule has 1 heterocycles. The number of fused-ring (bicyclic) bond motifs is 1. The summed E-state index contributed by atoms with van der Waals surface area (Å²) in [6, 6.07) is 12.8. The molecule has 1 unspecified atom stereocenters. The summed E-state index contributed by atoms with van der Waals surface area (Å²) in [7, 11) is 6.01. The second kappa shape index (κ2) is 12.7. The molecule has 2 aliphatic rings. The minimum absolute atomic E-state index is 0.0461. The topological polar surface area (TPSA) is 24.9 Å². The molecule has 0 bridgehead atoms. The van der Waals surface area contributed by atoms with Crippen molar-refractivity contribution in [2.45, 2.75) is 67.6 Å². The Labute approximate surface area is 225 Å². The Morgan fingerprint density at radius 1 is 1.09 bits per heavy atom. The average Bonchev–Trinajstić information content (AvgIpc) is 2.88. The van der Waals surface area contributed by atoms with E-state index in [1.54, 1.807) is 18.9 Å². The molecule has 1 saturated carbocycles. The monoisotopic (exact) mass is 532 g/mol. The lowest BCUT2D eigenvalue weighted by Crippen LogP contribution is -2.34. The molecule has 4 nitrogen and oxygen atoms in total. The van der Waals surface area contributed by atoms with Gasteiger partial charge in [-0.05, 0) is 82.1 Å². The maximum absolute atomic E-state index is 6.32. The SMILES string of the molecule is COc1ccc(OCCCCCN(C)C2CCCCC2)c(C2Sc3cc(Cl)ccc3N(C)C2=S)c1. The van der Waals surface area contributed by atoms with Crippen molar-refractivity contribution in [1.29, 1.82) is 0 Å². The number of hydrogen-bond donors (Lipinski definition) is 0. The third-order valence-corrected chi connectivity index (χ3v) is 9.38. The molecule has 0 amide bonds. The highest BCUT2D eigenvalue weighted by atomic mass is 35.5. The van der Waals surface area contributed by atoms with Crippen molar-refractivity contribution in [3.8, 4) is 11.5 Å². The average molecular weight is 533 g/mol. The van der Waals surface area contributed by atoms with Crippen molar-refractivity contribution < 1.29 is 9.47 Å². The number of thiocarbonyl (C=S) groups is 1. The van der Waals surface area contributed by atoms with E-state index in [1.165, 1.54) is 51.5 Å². The number of nitrogens with zero attached hydrogens (tertiary/aromatic N) is 2. The summed E-state index contributed by atoms with van der Waals surface area (Å²) in [6.45, 7) is 1.88. The van der Waals surface area contributed by atoms with Crippen molar-refractivity contribution >= 4 is 46.3 Å². The van der Waals surface area contributed by atoms with Crippen molar-refractivity contribution in [3.63, 3.8) is 0 Å². The Balaban J connectivity index is 1.36. The molecule has 7 heteroatoms. The van der Waals surface area contributed by atoms with Crippen LogP contribution in [-0.4, -0.2) is 50.3 Å². The lowest BCUT2D eigenvalue weighted by Gasteiger charge is -2.34.